The molecule has 1 aromatic heterocycles. The first kappa shape index (κ1) is 12.4. The van der Waals surface area contributed by atoms with Crippen molar-refractivity contribution in [3.8, 4) is 0 Å². The van der Waals surface area contributed by atoms with E-state index in [1.54, 1.807) is 31.2 Å². The Labute approximate surface area is 105 Å². The number of hydrogen-bond donors (Lipinski definition) is 1. The molecule has 0 radical (unpaired) electrons. The van der Waals surface area contributed by atoms with Crippen molar-refractivity contribution in [2.24, 2.45) is 0 Å². The van der Waals surface area contributed by atoms with Crippen molar-refractivity contribution < 1.29 is 13.6 Å². The summed E-state index contributed by atoms with van der Waals surface area (Å²) in [5.41, 5.74) is 0.955. The first-order valence-electron chi connectivity index (χ1n) is 5.76. The highest BCUT2D eigenvalue weighted by Crippen LogP contribution is 2.15. The molecule has 18 heavy (non-hydrogen) atoms. The van der Waals surface area contributed by atoms with Gasteiger partial charge >= 0.3 is 0 Å². The molecule has 0 bridgehead atoms. The lowest BCUT2D eigenvalue weighted by molar-refractivity contribution is 0.0995. The first-order valence-corrected chi connectivity index (χ1v) is 5.76. The molecule has 2 aromatic rings. The average molecular weight is 247 g/mol. The Balaban J connectivity index is 2.13. The van der Waals surface area contributed by atoms with Crippen molar-refractivity contribution in [2.45, 2.75) is 20.3 Å². The summed E-state index contributed by atoms with van der Waals surface area (Å²) in [6, 6.07) is 7.92. The summed E-state index contributed by atoms with van der Waals surface area (Å²) in [7, 11) is 0. The Bertz CT molecular complexity index is 575. The maximum atomic E-state index is 13.3. The number of rotatable bonds is 3. The van der Waals surface area contributed by atoms with Crippen LogP contribution in [0, 0.1) is 12.7 Å². The number of carbonyl (C=O) groups is 1. The van der Waals surface area contributed by atoms with Crippen LogP contribution in [0.25, 0.3) is 0 Å². The number of nitrogens with one attached hydrogen (secondary N) is 1. The Kier molecular flexibility index (Phi) is 3.46. The van der Waals surface area contributed by atoms with Crippen molar-refractivity contribution >= 4 is 11.6 Å². The summed E-state index contributed by atoms with van der Waals surface area (Å²) >= 11 is 0. The second-order valence-electron chi connectivity index (χ2n) is 4.04. The Morgan fingerprint density at radius 1 is 1.33 bits per heavy atom. The number of amides is 1. The van der Waals surface area contributed by atoms with Crippen molar-refractivity contribution in [3.05, 3.63) is 53.2 Å². The van der Waals surface area contributed by atoms with Gasteiger partial charge in [0.05, 0.1) is 0 Å². The van der Waals surface area contributed by atoms with E-state index < -0.39 is 0 Å². The molecule has 0 spiro atoms. The molecule has 0 fully saturated rings. The van der Waals surface area contributed by atoms with E-state index in [1.807, 2.05) is 6.92 Å². The molecule has 3 nitrogen and oxygen atoms in total. The zero-order valence-electron chi connectivity index (χ0n) is 10.3. The van der Waals surface area contributed by atoms with Gasteiger partial charge in [-0.15, -0.1) is 0 Å². The number of carbonyl (C=O) groups excluding carboxylic acids is 1. The van der Waals surface area contributed by atoms with Crippen LogP contribution in [0.2, 0.25) is 0 Å². The average Bonchev–Trinajstić information content (AvgIpc) is 2.82. The van der Waals surface area contributed by atoms with Gasteiger partial charge in [-0.3, -0.25) is 4.79 Å². The minimum absolute atomic E-state index is 0.229. The molecular weight excluding hydrogens is 233 g/mol. The van der Waals surface area contributed by atoms with Gasteiger partial charge in [-0.05, 0) is 36.8 Å². The summed E-state index contributed by atoms with van der Waals surface area (Å²) in [5, 5.41) is 2.59. The van der Waals surface area contributed by atoms with Gasteiger partial charge in [0, 0.05) is 12.1 Å². The predicted octanol–water partition coefficient (Wildman–Crippen LogP) is 3.54. The summed E-state index contributed by atoms with van der Waals surface area (Å²) in [4.78, 5) is 11.8. The van der Waals surface area contributed by atoms with Crippen LogP contribution in [0.4, 0.5) is 10.1 Å². The first-order chi connectivity index (χ1) is 8.60. The van der Waals surface area contributed by atoms with Gasteiger partial charge < -0.3 is 9.73 Å². The molecule has 0 saturated carbocycles. The van der Waals surface area contributed by atoms with E-state index in [0.29, 0.717) is 11.3 Å². The van der Waals surface area contributed by atoms with E-state index in [0.717, 1.165) is 12.2 Å². The number of hydrogen-bond acceptors (Lipinski definition) is 2. The van der Waals surface area contributed by atoms with Crippen LogP contribution < -0.4 is 5.32 Å². The van der Waals surface area contributed by atoms with E-state index in [4.69, 9.17) is 4.42 Å². The molecule has 1 amide bonds. The maximum absolute atomic E-state index is 13.3. The number of anilines is 1. The lowest BCUT2D eigenvalue weighted by atomic mass is 10.2. The molecule has 0 aliphatic carbocycles. The van der Waals surface area contributed by atoms with Crippen LogP contribution in [0.3, 0.4) is 0 Å². The lowest BCUT2D eigenvalue weighted by Gasteiger charge is -2.04. The number of aryl methyl sites for hydroxylation is 2. The second kappa shape index (κ2) is 5.04. The second-order valence-corrected chi connectivity index (χ2v) is 4.04. The van der Waals surface area contributed by atoms with E-state index >= 15 is 0 Å². The summed E-state index contributed by atoms with van der Waals surface area (Å²) in [6.07, 6.45) is 0.729. The molecule has 0 unspecified atom stereocenters. The van der Waals surface area contributed by atoms with E-state index in [2.05, 4.69) is 5.32 Å². The Morgan fingerprint density at radius 2 is 2.11 bits per heavy atom. The van der Waals surface area contributed by atoms with Crippen LogP contribution in [0.5, 0.6) is 0 Å². The highest BCUT2D eigenvalue weighted by Gasteiger charge is 2.11. The Hall–Kier alpha value is -2.10. The monoisotopic (exact) mass is 247 g/mol. The largest absolute Gasteiger partial charge is 0.456 e. The molecule has 2 rings (SSSR count). The summed E-state index contributed by atoms with van der Waals surface area (Å²) < 4.78 is 18.6. The minimum Gasteiger partial charge on any atom is -0.456 e. The van der Waals surface area contributed by atoms with Crippen LogP contribution in [0.15, 0.2) is 34.7 Å². The fourth-order valence-electron chi connectivity index (χ4n) is 1.55. The van der Waals surface area contributed by atoms with Gasteiger partial charge in [-0.2, -0.15) is 0 Å². The van der Waals surface area contributed by atoms with Crippen molar-refractivity contribution in [3.63, 3.8) is 0 Å². The summed E-state index contributed by atoms with van der Waals surface area (Å²) in [6.45, 7) is 3.61. The van der Waals surface area contributed by atoms with E-state index in [-0.39, 0.29) is 17.5 Å². The van der Waals surface area contributed by atoms with Crippen molar-refractivity contribution in [1.82, 2.24) is 0 Å². The fourth-order valence-corrected chi connectivity index (χ4v) is 1.55. The normalized spacial score (nSPS) is 10.4. The van der Waals surface area contributed by atoms with Gasteiger partial charge in [0.2, 0.25) is 0 Å². The molecule has 0 aliphatic rings. The standard InChI is InChI=1S/C14H14FNO2/c1-3-11-6-7-13(18-11)14(17)16-10-5-4-9(2)12(15)8-10/h4-8H,3H2,1-2H3,(H,16,17). The summed E-state index contributed by atoms with van der Waals surface area (Å²) in [5.74, 6) is 0.252. The quantitative estimate of drug-likeness (QED) is 0.901. The molecule has 0 aliphatic heterocycles. The smallest absolute Gasteiger partial charge is 0.291 e. The van der Waals surface area contributed by atoms with Crippen molar-refractivity contribution in [2.75, 3.05) is 5.32 Å². The van der Waals surface area contributed by atoms with Gasteiger partial charge in [0.25, 0.3) is 5.91 Å². The molecule has 94 valence electrons. The zero-order chi connectivity index (χ0) is 13.1. The highest BCUT2D eigenvalue weighted by molar-refractivity contribution is 6.02. The van der Waals surface area contributed by atoms with Crippen LogP contribution in [-0.2, 0) is 6.42 Å². The number of furan rings is 1. The third-order valence-corrected chi connectivity index (χ3v) is 2.66. The van der Waals surface area contributed by atoms with Gasteiger partial charge in [0.15, 0.2) is 5.76 Å². The maximum Gasteiger partial charge on any atom is 0.291 e. The van der Waals surface area contributed by atoms with Gasteiger partial charge in [0.1, 0.15) is 11.6 Å². The molecule has 0 saturated heterocycles. The fraction of sp³-hybridized carbons (Fsp3) is 0.214. The van der Waals surface area contributed by atoms with Crippen LogP contribution in [0.1, 0.15) is 28.8 Å². The highest BCUT2D eigenvalue weighted by atomic mass is 19.1. The van der Waals surface area contributed by atoms with Crippen LogP contribution >= 0.6 is 0 Å². The molecule has 1 heterocycles. The van der Waals surface area contributed by atoms with E-state index in [1.165, 1.54) is 6.07 Å². The van der Waals surface area contributed by atoms with Crippen molar-refractivity contribution in [1.29, 1.82) is 0 Å². The predicted molar refractivity (Wildman–Crippen MR) is 67.2 cm³/mol. The SMILES string of the molecule is CCc1ccc(C(=O)Nc2ccc(C)c(F)c2)o1. The molecule has 1 N–H and O–H groups in total. The minimum atomic E-state index is -0.377. The van der Waals surface area contributed by atoms with Gasteiger partial charge in [-0.25, -0.2) is 4.39 Å². The molecule has 4 heteroatoms. The van der Waals surface area contributed by atoms with E-state index in [9.17, 15) is 9.18 Å². The third-order valence-electron chi connectivity index (χ3n) is 2.66. The number of halogens is 1. The van der Waals surface area contributed by atoms with Crippen LogP contribution in [-0.4, -0.2) is 5.91 Å². The Morgan fingerprint density at radius 3 is 2.72 bits per heavy atom. The number of benzene rings is 1. The topological polar surface area (TPSA) is 42.2 Å². The zero-order valence-corrected chi connectivity index (χ0v) is 10.3. The van der Waals surface area contributed by atoms with Gasteiger partial charge in [-0.1, -0.05) is 13.0 Å². The lowest BCUT2D eigenvalue weighted by Crippen LogP contribution is -2.11. The molecular formula is C14H14FNO2. The molecule has 1 aromatic carbocycles. The molecule has 0 atom stereocenters. The third kappa shape index (κ3) is 2.59.